The van der Waals surface area contributed by atoms with E-state index in [9.17, 15) is 19.5 Å². The first-order valence-corrected chi connectivity index (χ1v) is 11.8. The fourth-order valence-electron chi connectivity index (χ4n) is 5.98. The largest absolute Gasteiger partial charge is 0.394 e. The molecule has 0 aromatic rings. The van der Waals surface area contributed by atoms with Crippen molar-refractivity contribution in [2.75, 3.05) is 33.3 Å². The SMILES string of the molecule is CCCCN1CC=C[C@]23O[C@]4(CC)C=CCN(C)C(=O)[C@@H]4[C@H]2C(=O)N([C@H](C)CO)C3C1=O. The molecule has 4 heterocycles. The fourth-order valence-corrected chi connectivity index (χ4v) is 5.98. The van der Waals surface area contributed by atoms with E-state index >= 15 is 0 Å². The van der Waals surface area contributed by atoms with Gasteiger partial charge in [0.05, 0.1) is 30.1 Å². The van der Waals surface area contributed by atoms with Crippen LogP contribution in [-0.2, 0) is 19.1 Å². The number of unbranched alkanes of at least 4 members (excludes halogenated alkanes) is 1. The Morgan fingerprint density at radius 1 is 1.09 bits per heavy atom. The van der Waals surface area contributed by atoms with Crippen LogP contribution < -0.4 is 0 Å². The summed E-state index contributed by atoms with van der Waals surface area (Å²) in [5, 5.41) is 9.93. The Hall–Kier alpha value is -2.19. The maximum absolute atomic E-state index is 13.9. The fraction of sp³-hybridized carbons (Fsp3) is 0.708. The molecule has 0 bridgehead atoms. The lowest BCUT2D eigenvalue weighted by atomic mass is 9.73. The van der Waals surface area contributed by atoms with E-state index in [2.05, 4.69) is 6.92 Å². The molecule has 4 rings (SSSR count). The summed E-state index contributed by atoms with van der Waals surface area (Å²) in [5.74, 6) is -2.14. The van der Waals surface area contributed by atoms with Crippen molar-refractivity contribution >= 4 is 17.7 Å². The molecule has 0 saturated carbocycles. The van der Waals surface area contributed by atoms with E-state index in [1.807, 2.05) is 31.2 Å². The summed E-state index contributed by atoms with van der Waals surface area (Å²) in [6.07, 6.45) is 9.94. The van der Waals surface area contributed by atoms with Gasteiger partial charge in [-0.2, -0.15) is 0 Å². The highest BCUT2D eigenvalue weighted by Crippen LogP contribution is 2.58. The molecule has 0 aromatic heterocycles. The van der Waals surface area contributed by atoms with Gasteiger partial charge in [0.25, 0.3) is 0 Å². The smallest absolute Gasteiger partial charge is 0.249 e. The molecule has 0 aromatic carbocycles. The van der Waals surface area contributed by atoms with Gasteiger partial charge in [0, 0.05) is 26.7 Å². The Balaban J connectivity index is 1.89. The zero-order valence-electron chi connectivity index (χ0n) is 19.5. The highest BCUT2D eigenvalue weighted by atomic mass is 16.5. The highest BCUT2D eigenvalue weighted by Gasteiger charge is 2.75. The molecule has 8 nitrogen and oxygen atoms in total. The summed E-state index contributed by atoms with van der Waals surface area (Å²) in [7, 11) is 1.73. The van der Waals surface area contributed by atoms with E-state index in [1.54, 1.807) is 23.8 Å². The highest BCUT2D eigenvalue weighted by molar-refractivity contribution is 6.00. The molecular weight excluding hydrogens is 410 g/mol. The molecule has 1 N–H and O–H groups in total. The van der Waals surface area contributed by atoms with E-state index in [0.717, 1.165) is 12.8 Å². The summed E-state index contributed by atoms with van der Waals surface area (Å²) in [4.78, 5) is 46.2. The molecule has 1 unspecified atom stereocenters. The molecule has 0 radical (unpaired) electrons. The van der Waals surface area contributed by atoms with Crippen molar-refractivity contribution in [3.8, 4) is 0 Å². The summed E-state index contributed by atoms with van der Waals surface area (Å²) >= 11 is 0. The number of carbonyl (C=O) groups excluding carboxylic acids is 3. The average molecular weight is 446 g/mol. The predicted molar refractivity (Wildman–Crippen MR) is 118 cm³/mol. The average Bonchev–Trinajstić information content (AvgIpc) is 3.10. The van der Waals surface area contributed by atoms with E-state index in [4.69, 9.17) is 4.74 Å². The van der Waals surface area contributed by atoms with Crippen LogP contribution in [0.4, 0.5) is 0 Å². The second-order valence-corrected chi connectivity index (χ2v) is 9.56. The van der Waals surface area contributed by atoms with Gasteiger partial charge in [-0.1, -0.05) is 44.6 Å². The van der Waals surface area contributed by atoms with Gasteiger partial charge in [-0.3, -0.25) is 14.4 Å². The molecule has 2 saturated heterocycles. The van der Waals surface area contributed by atoms with Crippen molar-refractivity contribution in [1.29, 1.82) is 0 Å². The monoisotopic (exact) mass is 445 g/mol. The number of hydrogen-bond acceptors (Lipinski definition) is 5. The van der Waals surface area contributed by atoms with Gasteiger partial charge in [-0.15, -0.1) is 0 Å². The molecule has 6 atom stereocenters. The molecule has 4 aliphatic heterocycles. The molecule has 0 aliphatic carbocycles. The van der Waals surface area contributed by atoms with Crippen LogP contribution in [0.25, 0.3) is 0 Å². The Bertz CT molecular complexity index is 857. The topological polar surface area (TPSA) is 90.4 Å². The third-order valence-electron chi connectivity index (χ3n) is 7.68. The number of amides is 3. The van der Waals surface area contributed by atoms with E-state index in [-0.39, 0.29) is 24.3 Å². The first-order valence-electron chi connectivity index (χ1n) is 11.8. The van der Waals surface area contributed by atoms with Gasteiger partial charge in [0.15, 0.2) is 0 Å². The molecular formula is C24H35N3O5. The third kappa shape index (κ3) is 3.06. The number of likely N-dealkylation sites (tertiary alicyclic amines) is 1. The van der Waals surface area contributed by atoms with Crippen molar-refractivity contribution in [2.24, 2.45) is 11.8 Å². The lowest BCUT2D eigenvalue weighted by Crippen LogP contribution is -2.58. The first kappa shape index (κ1) is 23.0. The number of aliphatic hydroxyl groups is 1. The minimum absolute atomic E-state index is 0.141. The first-order chi connectivity index (χ1) is 15.3. The van der Waals surface area contributed by atoms with Crippen LogP contribution >= 0.6 is 0 Å². The van der Waals surface area contributed by atoms with Gasteiger partial charge < -0.3 is 24.5 Å². The molecule has 4 aliphatic rings. The summed E-state index contributed by atoms with van der Waals surface area (Å²) in [5.41, 5.74) is -2.18. The molecule has 2 fully saturated rings. The zero-order valence-corrected chi connectivity index (χ0v) is 19.5. The van der Waals surface area contributed by atoms with Crippen LogP contribution in [0.5, 0.6) is 0 Å². The standard InChI is InChI=1S/C24H35N3O5/c1-5-7-13-26-14-9-11-24-18(21(30)27(16(3)15-28)19(24)22(26)31)17-20(29)25(4)12-8-10-23(17,6-2)32-24/h8-11,16-19,28H,5-7,12-15H2,1-4H3/t16-,17+,18+,19?,23-,24+/m1/s1. The van der Waals surface area contributed by atoms with E-state index < -0.39 is 35.1 Å². The molecule has 1 spiro atoms. The van der Waals surface area contributed by atoms with Crippen LogP contribution in [0.15, 0.2) is 24.3 Å². The van der Waals surface area contributed by atoms with Gasteiger partial charge in [0.1, 0.15) is 11.6 Å². The van der Waals surface area contributed by atoms with Crippen LogP contribution in [0.2, 0.25) is 0 Å². The van der Waals surface area contributed by atoms with Gasteiger partial charge in [-0.05, 0) is 19.8 Å². The minimum atomic E-state index is -1.24. The third-order valence-corrected chi connectivity index (χ3v) is 7.68. The summed E-state index contributed by atoms with van der Waals surface area (Å²) in [6.45, 7) is 6.98. The van der Waals surface area contributed by atoms with Crippen molar-refractivity contribution in [3.05, 3.63) is 24.3 Å². The molecule has 176 valence electrons. The van der Waals surface area contributed by atoms with Crippen LogP contribution in [0.1, 0.15) is 40.0 Å². The van der Waals surface area contributed by atoms with Gasteiger partial charge >= 0.3 is 0 Å². The van der Waals surface area contributed by atoms with Crippen LogP contribution in [0.3, 0.4) is 0 Å². The number of carbonyl (C=O) groups is 3. The molecule has 32 heavy (non-hydrogen) atoms. The Morgan fingerprint density at radius 2 is 1.81 bits per heavy atom. The van der Waals surface area contributed by atoms with Crippen molar-refractivity contribution in [2.45, 2.75) is 63.3 Å². The van der Waals surface area contributed by atoms with Crippen LogP contribution in [0, 0.1) is 11.8 Å². The lowest BCUT2D eigenvalue weighted by molar-refractivity contribution is -0.156. The second kappa shape index (κ2) is 8.30. The number of nitrogens with zero attached hydrogens (tertiary/aromatic N) is 3. The van der Waals surface area contributed by atoms with Crippen LogP contribution in [-0.4, -0.2) is 94.1 Å². The number of aliphatic hydroxyl groups excluding tert-OH is 1. The predicted octanol–water partition coefficient (Wildman–Crippen LogP) is 0.955. The quantitative estimate of drug-likeness (QED) is 0.615. The Morgan fingerprint density at radius 3 is 2.47 bits per heavy atom. The molecule has 8 heteroatoms. The van der Waals surface area contributed by atoms with Crippen molar-refractivity contribution in [1.82, 2.24) is 14.7 Å². The second-order valence-electron chi connectivity index (χ2n) is 9.56. The number of fused-ring (bicyclic) bond motifs is 2. The number of likely N-dealkylation sites (N-methyl/N-ethyl adjacent to an activating group) is 1. The van der Waals surface area contributed by atoms with Crippen molar-refractivity contribution in [3.63, 3.8) is 0 Å². The number of hydrogen-bond donors (Lipinski definition) is 1. The number of rotatable bonds is 6. The molecule has 3 amide bonds. The maximum Gasteiger partial charge on any atom is 0.249 e. The van der Waals surface area contributed by atoms with Gasteiger partial charge in [0.2, 0.25) is 17.7 Å². The van der Waals surface area contributed by atoms with E-state index in [0.29, 0.717) is 26.1 Å². The maximum atomic E-state index is 13.9. The lowest BCUT2D eigenvalue weighted by Gasteiger charge is -2.40. The summed E-state index contributed by atoms with van der Waals surface area (Å²) < 4.78 is 6.80. The zero-order chi connectivity index (χ0) is 23.3. The van der Waals surface area contributed by atoms with Crippen molar-refractivity contribution < 1.29 is 24.2 Å². The van der Waals surface area contributed by atoms with Gasteiger partial charge in [-0.25, -0.2) is 0 Å². The Kier molecular flexibility index (Phi) is 5.96. The number of ether oxygens (including phenoxy) is 1. The Labute approximate surface area is 189 Å². The summed E-state index contributed by atoms with van der Waals surface area (Å²) in [6, 6.07) is -1.47. The normalized spacial score (nSPS) is 37.3. The van der Waals surface area contributed by atoms with E-state index in [1.165, 1.54) is 4.90 Å². The minimum Gasteiger partial charge on any atom is -0.394 e.